The molecule has 1 rings (SSSR count). The maximum Gasteiger partial charge on any atom is 0.242 e. The fourth-order valence-corrected chi connectivity index (χ4v) is 1.65. The Morgan fingerprint density at radius 2 is 1.60 bits per heavy atom. The van der Waals surface area contributed by atoms with Gasteiger partial charge in [0.05, 0.1) is 0 Å². The van der Waals surface area contributed by atoms with Crippen LogP contribution in [0.25, 0.3) is 0 Å². The Hall–Kier alpha value is -1.10. The maximum atomic E-state index is 11.7. The lowest BCUT2D eigenvalue weighted by Gasteiger charge is -2.38. The van der Waals surface area contributed by atoms with E-state index in [1.54, 1.807) is 9.80 Å². The first kappa shape index (κ1) is 12.0. The van der Waals surface area contributed by atoms with Crippen LogP contribution in [0.1, 0.15) is 20.8 Å². The highest BCUT2D eigenvalue weighted by molar-refractivity contribution is 5.92. The second-order valence-electron chi connectivity index (χ2n) is 4.22. The molecule has 0 saturated carbocycles. The topological polar surface area (TPSA) is 66.6 Å². The van der Waals surface area contributed by atoms with Gasteiger partial charge in [-0.3, -0.25) is 9.59 Å². The Labute approximate surface area is 90.2 Å². The first-order valence-corrected chi connectivity index (χ1v) is 5.26. The average molecular weight is 213 g/mol. The van der Waals surface area contributed by atoms with Crippen molar-refractivity contribution in [2.75, 3.05) is 19.6 Å². The van der Waals surface area contributed by atoms with Gasteiger partial charge in [0.2, 0.25) is 11.8 Å². The molecule has 5 heteroatoms. The van der Waals surface area contributed by atoms with Crippen LogP contribution in [0.5, 0.6) is 0 Å². The van der Waals surface area contributed by atoms with Gasteiger partial charge >= 0.3 is 0 Å². The first-order chi connectivity index (χ1) is 6.97. The number of hydrogen-bond donors (Lipinski definition) is 1. The van der Waals surface area contributed by atoms with Crippen molar-refractivity contribution >= 4 is 11.8 Å². The van der Waals surface area contributed by atoms with Crippen LogP contribution in [0.15, 0.2) is 0 Å². The molecule has 0 radical (unpaired) electrons. The number of carbonyl (C=O) groups is 2. The number of rotatable bonds is 3. The minimum atomic E-state index is -0.0595. The quantitative estimate of drug-likeness (QED) is 0.681. The number of carbonyl (C=O) groups excluding carboxylic acids is 2. The molecule has 1 saturated heterocycles. The summed E-state index contributed by atoms with van der Waals surface area (Å²) < 4.78 is 0. The lowest BCUT2D eigenvalue weighted by Crippen LogP contribution is -2.59. The van der Waals surface area contributed by atoms with E-state index in [9.17, 15) is 9.59 Å². The van der Waals surface area contributed by atoms with Crippen molar-refractivity contribution in [3.63, 3.8) is 0 Å². The van der Waals surface area contributed by atoms with E-state index >= 15 is 0 Å². The Balaban J connectivity index is 2.71. The predicted molar refractivity (Wildman–Crippen MR) is 57.1 cm³/mol. The van der Waals surface area contributed by atoms with Gasteiger partial charge in [0, 0.05) is 18.6 Å². The van der Waals surface area contributed by atoms with Gasteiger partial charge in [-0.15, -0.1) is 0 Å². The summed E-state index contributed by atoms with van der Waals surface area (Å²) in [4.78, 5) is 26.6. The van der Waals surface area contributed by atoms with Gasteiger partial charge < -0.3 is 15.5 Å². The monoisotopic (exact) mass is 213 g/mol. The lowest BCUT2D eigenvalue weighted by atomic mass is 10.2. The van der Waals surface area contributed by atoms with E-state index in [-0.39, 0.29) is 37.0 Å². The summed E-state index contributed by atoms with van der Waals surface area (Å²) in [5.74, 6) is -0.00819. The van der Waals surface area contributed by atoms with Crippen LogP contribution in [0.2, 0.25) is 0 Å². The number of nitrogens with zero attached hydrogens (tertiary/aromatic N) is 2. The minimum Gasteiger partial charge on any atom is -0.329 e. The highest BCUT2D eigenvalue weighted by Crippen LogP contribution is 2.11. The zero-order valence-electron chi connectivity index (χ0n) is 9.56. The van der Waals surface area contributed by atoms with Gasteiger partial charge in [0.25, 0.3) is 0 Å². The molecule has 0 aromatic rings. The third-order valence-electron chi connectivity index (χ3n) is 2.75. The van der Waals surface area contributed by atoms with Crippen LogP contribution in [-0.2, 0) is 9.59 Å². The Kier molecular flexibility index (Phi) is 3.68. The average Bonchev–Trinajstić information content (AvgIpc) is 2.19. The SMILES string of the molecule is CC(C)N1CC(=O)N(C(C)CN)CC1=O. The van der Waals surface area contributed by atoms with Crippen LogP contribution >= 0.6 is 0 Å². The fourth-order valence-electron chi connectivity index (χ4n) is 1.65. The van der Waals surface area contributed by atoms with Crippen molar-refractivity contribution < 1.29 is 9.59 Å². The highest BCUT2D eigenvalue weighted by atomic mass is 16.2. The fraction of sp³-hybridized carbons (Fsp3) is 0.800. The summed E-state index contributed by atoms with van der Waals surface area (Å²) in [5.41, 5.74) is 5.49. The zero-order valence-corrected chi connectivity index (χ0v) is 9.56. The molecule has 5 nitrogen and oxygen atoms in total. The molecular formula is C10H19N3O2. The van der Waals surface area contributed by atoms with E-state index in [4.69, 9.17) is 5.73 Å². The van der Waals surface area contributed by atoms with Crippen molar-refractivity contribution in [3.05, 3.63) is 0 Å². The molecule has 0 aromatic heterocycles. The smallest absolute Gasteiger partial charge is 0.242 e. The molecule has 2 amide bonds. The number of nitrogens with two attached hydrogens (primary N) is 1. The van der Waals surface area contributed by atoms with Crippen LogP contribution in [-0.4, -0.2) is 53.3 Å². The van der Waals surface area contributed by atoms with Gasteiger partial charge in [0.1, 0.15) is 13.1 Å². The molecule has 15 heavy (non-hydrogen) atoms. The third-order valence-corrected chi connectivity index (χ3v) is 2.75. The molecule has 0 aliphatic carbocycles. The lowest BCUT2D eigenvalue weighted by molar-refractivity contribution is -0.153. The first-order valence-electron chi connectivity index (χ1n) is 5.26. The predicted octanol–water partition coefficient (Wildman–Crippen LogP) is -0.587. The standard InChI is InChI=1S/C10H19N3O2/c1-7(2)12-5-10(15)13(6-9(12)14)8(3)4-11/h7-8H,4-6,11H2,1-3H3. The summed E-state index contributed by atoms with van der Waals surface area (Å²) >= 11 is 0. The van der Waals surface area contributed by atoms with Crippen LogP contribution in [0, 0.1) is 0 Å². The minimum absolute atomic E-state index is 0.00454. The van der Waals surface area contributed by atoms with Crippen molar-refractivity contribution in [2.45, 2.75) is 32.9 Å². The molecule has 1 fully saturated rings. The molecule has 1 atom stereocenters. The second-order valence-corrected chi connectivity index (χ2v) is 4.22. The van der Waals surface area contributed by atoms with Gasteiger partial charge in [0.15, 0.2) is 0 Å². The van der Waals surface area contributed by atoms with Crippen molar-refractivity contribution in [3.8, 4) is 0 Å². The van der Waals surface area contributed by atoms with Gasteiger partial charge in [-0.25, -0.2) is 0 Å². The highest BCUT2D eigenvalue weighted by Gasteiger charge is 2.33. The third kappa shape index (κ3) is 2.47. The summed E-state index contributed by atoms with van der Waals surface area (Å²) in [6.07, 6.45) is 0. The van der Waals surface area contributed by atoms with Crippen molar-refractivity contribution in [2.24, 2.45) is 5.73 Å². The molecule has 1 aliphatic rings. The van der Waals surface area contributed by atoms with E-state index in [1.807, 2.05) is 20.8 Å². The molecule has 0 aromatic carbocycles. The molecule has 1 aliphatic heterocycles. The molecule has 0 bridgehead atoms. The van der Waals surface area contributed by atoms with Gasteiger partial charge in [-0.2, -0.15) is 0 Å². The molecule has 0 spiro atoms. The summed E-state index contributed by atoms with van der Waals surface area (Å²) in [5, 5.41) is 0. The Morgan fingerprint density at radius 3 is 2.07 bits per heavy atom. The maximum absolute atomic E-state index is 11.7. The molecule has 1 unspecified atom stereocenters. The molecule has 2 N–H and O–H groups in total. The van der Waals surface area contributed by atoms with Crippen LogP contribution < -0.4 is 5.73 Å². The largest absolute Gasteiger partial charge is 0.329 e. The van der Waals surface area contributed by atoms with E-state index < -0.39 is 0 Å². The second kappa shape index (κ2) is 4.61. The van der Waals surface area contributed by atoms with Crippen LogP contribution in [0.4, 0.5) is 0 Å². The van der Waals surface area contributed by atoms with E-state index in [2.05, 4.69) is 0 Å². The number of amides is 2. The zero-order chi connectivity index (χ0) is 11.6. The normalized spacial score (nSPS) is 20.1. The molecular weight excluding hydrogens is 194 g/mol. The van der Waals surface area contributed by atoms with Crippen LogP contribution in [0.3, 0.4) is 0 Å². The van der Waals surface area contributed by atoms with Crippen molar-refractivity contribution in [1.82, 2.24) is 9.80 Å². The summed E-state index contributed by atoms with van der Waals surface area (Å²) in [6.45, 7) is 6.41. The van der Waals surface area contributed by atoms with E-state index in [0.29, 0.717) is 6.54 Å². The number of hydrogen-bond acceptors (Lipinski definition) is 3. The summed E-state index contributed by atoms with van der Waals surface area (Å²) in [7, 11) is 0. The Bertz CT molecular complexity index is 265. The van der Waals surface area contributed by atoms with Gasteiger partial charge in [-0.05, 0) is 20.8 Å². The molecule has 86 valence electrons. The number of piperazine rings is 1. The molecule has 1 heterocycles. The van der Waals surface area contributed by atoms with Gasteiger partial charge in [-0.1, -0.05) is 0 Å². The van der Waals surface area contributed by atoms with E-state index in [0.717, 1.165) is 0 Å². The van der Waals surface area contributed by atoms with Crippen molar-refractivity contribution in [1.29, 1.82) is 0 Å². The summed E-state index contributed by atoms with van der Waals surface area (Å²) in [6, 6.07) is 0.0209. The van der Waals surface area contributed by atoms with E-state index in [1.165, 1.54) is 0 Å². The Morgan fingerprint density at radius 1 is 1.13 bits per heavy atom.